The average Bonchev–Trinajstić information content (AvgIpc) is 2.87. The molecule has 5 N–H and O–H groups in total. The van der Waals surface area contributed by atoms with Crippen LogP contribution in [0.2, 0.25) is 0 Å². The highest BCUT2D eigenvalue weighted by Gasteiger charge is 2.38. The number of hydrogen-bond donors (Lipinski definition) is 4. The van der Waals surface area contributed by atoms with Crippen LogP contribution in [0.15, 0.2) is 24.3 Å². The van der Waals surface area contributed by atoms with Crippen molar-refractivity contribution in [2.75, 3.05) is 6.54 Å². The number of para-hydroxylation sites is 1. The molecule has 0 saturated heterocycles. The zero-order valence-corrected chi connectivity index (χ0v) is 24.5. The molecule has 1 saturated carbocycles. The van der Waals surface area contributed by atoms with Crippen LogP contribution < -0.4 is 16.4 Å². The maximum absolute atomic E-state index is 14.1. The maximum Gasteiger partial charge on any atom is 0.408 e. The van der Waals surface area contributed by atoms with Crippen LogP contribution in [-0.2, 0) is 19.1 Å². The van der Waals surface area contributed by atoms with Crippen LogP contribution in [0.1, 0.15) is 110 Å². The van der Waals surface area contributed by atoms with Crippen LogP contribution in [-0.4, -0.2) is 58.1 Å². The molecule has 2 rings (SSSR count). The molecule has 224 valence electrons. The molecule has 10 heteroatoms. The second-order valence-electron chi connectivity index (χ2n) is 11.6. The summed E-state index contributed by atoms with van der Waals surface area (Å²) in [4.78, 5) is 53.9. The molecule has 1 aliphatic carbocycles. The Hall–Kier alpha value is -3.30. The Morgan fingerprint density at radius 2 is 1.70 bits per heavy atom. The van der Waals surface area contributed by atoms with Gasteiger partial charge in [-0.05, 0) is 46.1 Å². The lowest BCUT2D eigenvalue weighted by Gasteiger charge is -2.35. The van der Waals surface area contributed by atoms with Crippen molar-refractivity contribution in [3.63, 3.8) is 0 Å². The van der Waals surface area contributed by atoms with E-state index >= 15 is 0 Å². The third kappa shape index (κ3) is 11.1. The van der Waals surface area contributed by atoms with E-state index in [0.717, 1.165) is 57.8 Å². The van der Waals surface area contributed by atoms with Gasteiger partial charge in [-0.2, -0.15) is 0 Å². The molecule has 2 atom stereocenters. The summed E-state index contributed by atoms with van der Waals surface area (Å²) in [6.45, 7) is 7.35. The number of aromatic hydroxyl groups is 1. The van der Waals surface area contributed by atoms with E-state index in [4.69, 9.17) is 10.5 Å². The highest BCUT2D eigenvalue weighted by atomic mass is 16.6. The molecule has 0 aliphatic heterocycles. The second-order valence-corrected chi connectivity index (χ2v) is 11.6. The van der Waals surface area contributed by atoms with E-state index in [9.17, 15) is 24.3 Å². The number of primary amides is 1. The first-order valence-electron chi connectivity index (χ1n) is 14.6. The monoisotopic (exact) mass is 560 g/mol. The molecule has 4 amide bonds. The van der Waals surface area contributed by atoms with Gasteiger partial charge >= 0.3 is 6.09 Å². The molecular weight excluding hydrogens is 512 g/mol. The van der Waals surface area contributed by atoms with Crippen LogP contribution in [0.5, 0.6) is 5.75 Å². The predicted octanol–water partition coefficient (Wildman–Crippen LogP) is 4.45. The summed E-state index contributed by atoms with van der Waals surface area (Å²) in [5.74, 6) is -1.97. The van der Waals surface area contributed by atoms with Crippen molar-refractivity contribution in [3.8, 4) is 5.75 Å². The number of nitrogens with one attached hydrogen (secondary N) is 2. The number of rotatable bonds is 14. The summed E-state index contributed by atoms with van der Waals surface area (Å²) >= 11 is 0. The van der Waals surface area contributed by atoms with E-state index in [1.807, 2.05) is 0 Å². The first kappa shape index (κ1) is 32.9. The molecule has 0 spiro atoms. The normalized spacial score (nSPS) is 15.5. The molecule has 40 heavy (non-hydrogen) atoms. The third-order valence-corrected chi connectivity index (χ3v) is 6.92. The van der Waals surface area contributed by atoms with Crippen LogP contribution in [0.4, 0.5) is 4.79 Å². The Labute approximate surface area is 238 Å². The summed E-state index contributed by atoms with van der Waals surface area (Å²) in [5, 5.41) is 16.4. The third-order valence-electron chi connectivity index (χ3n) is 6.92. The number of nitrogens with two attached hydrogens (primary N) is 1. The molecule has 0 aromatic heterocycles. The Balaban J connectivity index is 2.47. The molecule has 10 nitrogen and oxygen atoms in total. The molecule has 2 unspecified atom stereocenters. The Morgan fingerprint density at radius 3 is 2.30 bits per heavy atom. The molecule has 1 fully saturated rings. The van der Waals surface area contributed by atoms with Crippen LogP contribution in [0, 0.1) is 0 Å². The Bertz CT molecular complexity index is 987. The zero-order valence-electron chi connectivity index (χ0n) is 24.5. The molecule has 0 heterocycles. The van der Waals surface area contributed by atoms with Gasteiger partial charge in [0.2, 0.25) is 17.7 Å². The number of carbonyl (C=O) groups is 4. The number of unbranched alkanes of at least 4 members (excludes halogenated alkanes) is 4. The predicted molar refractivity (Wildman–Crippen MR) is 153 cm³/mol. The largest absolute Gasteiger partial charge is 0.508 e. The van der Waals surface area contributed by atoms with Gasteiger partial charge in [-0.1, -0.05) is 70.1 Å². The van der Waals surface area contributed by atoms with Crippen molar-refractivity contribution in [3.05, 3.63) is 29.8 Å². The van der Waals surface area contributed by atoms with Gasteiger partial charge in [0.05, 0.1) is 6.42 Å². The number of amides is 4. The highest BCUT2D eigenvalue weighted by Crippen LogP contribution is 2.31. The van der Waals surface area contributed by atoms with Gasteiger partial charge in [-0.15, -0.1) is 0 Å². The number of nitrogens with zero attached hydrogens (tertiary/aromatic N) is 1. The number of benzene rings is 1. The van der Waals surface area contributed by atoms with Crippen LogP contribution in [0.3, 0.4) is 0 Å². The van der Waals surface area contributed by atoms with E-state index in [-0.39, 0.29) is 23.9 Å². The lowest BCUT2D eigenvalue weighted by Crippen LogP contribution is -2.55. The van der Waals surface area contributed by atoms with Gasteiger partial charge in [-0.25, -0.2) is 4.79 Å². The van der Waals surface area contributed by atoms with Crippen molar-refractivity contribution >= 4 is 23.8 Å². The summed E-state index contributed by atoms with van der Waals surface area (Å²) in [6.07, 6.45) is 7.96. The Morgan fingerprint density at radius 1 is 1.05 bits per heavy atom. The quantitative estimate of drug-likeness (QED) is 0.247. The van der Waals surface area contributed by atoms with Gasteiger partial charge in [-0.3, -0.25) is 14.4 Å². The number of phenols is 1. The maximum atomic E-state index is 14.1. The average molecular weight is 561 g/mol. The smallest absolute Gasteiger partial charge is 0.408 e. The minimum Gasteiger partial charge on any atom is -0.508 e. The van der Waals surface area contributed by atoms with Crippen molar-refractivity contribution < 1.29 is 29.0 Å². The standard InChI is InChI=1S/C30H48N4O6/c1-5-6-7-8-14-19-34(28(38)23(20-25(31)36)33-29(39)40-30(2,3)4)26(22-17-12-13-18-24(22)35)27(37)32-21-15-10-9-11-16-21/h12-13,17-18,21,23,26,35H,5-11,14-16,19-20H2,1-4H3,(H2,31,36)(H,32,37)(H,33,39). The number of phenolic OH excluding ortho intramolecular Hbond substituents is 1. The number of alkyl carbamates (subject to hydrolysis) is 1. The van der Waals surface area contributed by atoms with E-state index in [0.29, 0.717) is 6.42 Å². The SMILES string of the molecule is CCCCCCCN(C(=O)C(CC(N)=O)NC(=O)OC(C)(C)C)C(C(=O)NC1CCCCC1)c1ccccc1O. The summed E-state index contributed by atoms with van der Waals surface area (Å²) in [7, 11) is 0. The van der Waals surface area contributed by atoms with Crippen molar-refractivity contribution in [2.24, 2.45) is 5.73 Å². The Kier molecular flexibility index (Phi) is 13.2. The van der Waals surface area contributed by atoms with Crippen LogP contribution in [0.25, 0.3) is 0 Å². The molecule has 1 aliphatic rings. The fourth-order valence-electron chi connectivity index (χ4n) is 5.00. The molecule has 0 radical (unpaired) electrons. The highest BCUT2D eigenvalue weighted by molar-refractivity contribution is 5.94. The number of carbonyl (C=O) groups excluding carboxylic acids is 4. The first-order chi connectivity index (χ1) is 18.9. The van der Waals surface area contributed by atoms with E-state index < -0.39 is 47.9 Å². The van der Waals surface area contributed by atoms with Gasteiger partial charge in [0.1, 0.15) is 23.4 Å². The fraction of sp³-hybridized carbons (Fsp3) is 0.667. The minimum absolute atomic E-state index is 0.0302. The molecule has 0 bridgehead atoms. The zero-order chi connectivity index (χ0) is 29.7. The molecular formula is C30H48N4O6. The van der Waals surface area contributed by atoms with E-state index in [1.165, 1.54) is 11.0 Å². The van der Waals surface area contributed by atoms with Crippen LogP contribution >= 0.6 is 0 Å². The van der Waals surface area contributed by atoms with E-state index in [2.05, 4.69) is 17.6 Å². The second kappa shape index (κ2) is 16.1. The molecule has 1 aromatic rings. The summed E-state index contributed by atoms with van der Waals surface area (Å²) in [6, 6.07) is 3.88. The van der Waals surface area contributed by atoms with Gasteiger partial charge in [0.15, 0.2) is 0 Å². The van der Waals surface area contributed by atoms with Crippen molar-refractivity contribution in [1.29, 1.82) is 0 Å². The topological polar surface area (TPSA) is 151 Å². The lowest BCUT2D eigenvalue weighted by molar-refractivity contribution is -0.143. The minimum atomic E-state index is -1.35. The molecule has 1 aromatic carbocycles. The lowest BCUT2D eigenvalue weighted by atomic mass is 9.94. The summed E-state index contributed by atoms with van der Waals surface area (Å²) < 4.78 is 5.33. The number of ether oxygens (including phenoxy) is 1. The van der Waals surface area contributed by atoms with Gasteiger partial charge < -0.3 is 31.1 Å². The number of hydrogen-bond acceptors (Lipinski definition) is 6. The first-order valence-corrected chi connectivity index (χ1v) is 14.6. The van der Waals surface area contributed by atoms with Crippen molar-refractivity contribution in [2.45, 2.75) is 122 Å². The van der Waals surface area contributed by atoms with Crippen molar-refractivity contribution in [1.82, 2.24) is 15.5 Å². The van der Waals surface area contributed by atoms with Gasteiger partial charge in [0, 0.05) is 18.2 Å². The fourth-order valence-corrected chi connectivity index (χ4v) is 5.00. The summed E-state index contributed by atoms with van der Waals surface area (Å²) in [5.41, 5.74) is 4.90. The van der Waals surface area contributed by atoms with E-state index in [1.54, 1.807) is 39.0 Å². The van der Waals surface area contributed by atoms with Gasteiger partial charge in [0.25, 0.3) is 0 Å².